The van der Waals surface area contributed by atoms with Crippen LogP contribution in [0, 0.1) is 12.8 Å². The van der Waals surface area contributed by atoms with E-state index in [1.807, 2.05) is 18.7 Å². The first-order valence-corrected chi connectivity index (χ1v) is 7.45. The maximum atomic E-state index is 12.1. The number of hydrogen-bond acceptors (Lipinski definition) is 6. The lowest BCUT2D eigenvalue weighted by Crippen LogP contribution is -2.32. The molecule has 7 nitrogen and oxygen atoms in total. The molecule has 1 atom stereocenters. The molecular formula is C15H19N5O2. The second-order valence-electron chi connectivity index (χ2n) is 5.88. The summed E-state index contributed by atoms with van der Waals surface area (Å²) < 4.78 is 5.05. The Labute approximate surface area is 128 Å². The van der Waals surface area contributed by atoms with Gasteiger partial charge in [-0.1, -0.05) is 19.0 Å². The predicted octanol–water partition coefficient (Wildman–Crippen LogP) is 1.81. The van der Waals surface area contributed by atoms with Gasteiger partial charge < -0.3 is 9.42 Å². The van der Waals surface area contributed by atoms with Gasteiger partial charge in [0.15, 0.2) is 0 Å². The van der Waals surface area contributed by atoms with E-state index in [1.165, 1.54) is 6.33 Å². The second kappa shape index (κ2) is 5.82. The van der Waals surface area contributed by atoms with Crippen molar-refractivity contribution < 1.29 is 9.32 Å². The molecule has 1 aliphatic heterocycles. The number of amides is 1. The molecule has 1 fully saturated rings. The molecule has 22 heavy (non-hydrogen) atoms. The first-order valence-electron chi connectivity index (χ1n) is 7.45. The molecule has 1 aliphatic rings. The number of hydrogen-bond donors (Lipinski definition) is 0. The van der Waals surface area contributed by atoms with Gasteiger partial charge in [0, 0.05) is 38.0 Å². The van der Waals surface area contributed by atoms with Gasteiger partial charge in [-0.2, -0.15) is 4.98 Å². The number of likely N-dealkylation sites (tertiary alicyclic amines) is 1. The van der Waals surface area contributed by atoms with Crippen molar-refractivity contribution in [1.82, 2.24) is 25.0 Å². The molecule has 0 spiro atoms. The average Bonchev–Trinajstić information content (AvgIpc) is 3.15. The zero-order chi connectivity index (χ0) is 15.7. The number of aryl methyl sites for hydroxylation is 1. The van der Waals surface area contributed by atoms with E-state index in [-0.39, 0.29) is 17.7 Å². The van der Waals surface area contributed by atoms with Crippen LogP contribution in [0.5, 0.6) is 0 Å². The fourth-order valence-corrected chi connectivity index (χ4v) is 2.79. The quantitative estimate of drug-likeness (QED) is 0.859. The largest absolute Gasteiger partial charge is 0.342 e. The van der Waals surface area contributed by atoms with Crippen LogP contribution in [0.3, 0.4) is 0 Å². The molecule has 1 amide bonds. The minimum absolute atomic E-state index is 0.0171. The van der Waals surface area contributed by atoms with Gasteiger partial charge in [-0.25, -0.2) is 9.97 Å². The Morgan fingerprint density at radius 1 is 1.45 bits per heavy atom. The topological polar surface area (TPSA) is 85.0 Å². The monoisotopic (exact) mass is 301 g/mol. The number of carbonyl (C=O) groups excluding carboxylic acids is 1. The van der Waals surface area contributed by atoms with Crippen LogP contribution in [-0.4, -0.2) is 44.0 Å². The highest BCUT2D eigenvalue weighted by molar-refractivity contribution is 5.78. The van der Waals surface area contributed by atoms with Crippen molar-refractivity contribution in [1.29, 1.82) is 0 Å². The third-order valence-electron chi connectivity index (χ3n) is 3.89. The molecule has 0 bridgehead atoms. The lowest BCUT2D eigenvalue weighted by Gasteiger charge is -2.19. The Balaban J connectivity index is 1.86. The summed E-state index contributed by atoms with van der Waals surface area (Å²) >= 11 is 0. The average molecular weight is 301 g/mol. The summed E-state index contributed by atoms with van der Waals surface area (Å²) in [7, 11) is 0. The number of rotatable bonds is 3. The summed E-state index contributed by atoms with van der Waals surface area (Å²) in [4.78, 5) is 26.8. The van der Waals surface area contributed by atoms with Crippen LogP contribution in [0.25, 0.3) is 11.4 Å². The van der Waals surface area contributed by atoms with Crippen molar-refractivity contribution in [3.63, 3.8) is 0 Å². The van der Waals surface area contributed by atoms with Gasteiger partial charge in [0.25, 0.3) is 0 Å². The molecule has 1 saturated heterocycles. The van der Waals surface area contributed by atoms with Gasteiger partial charge in [0.1, 0.15) is 6.33 Å². The zero-order valence-corrected chi connectivity index (χ0v) is 13.0. The van der Waals surface area contributed by atoms with E-state index in [0.29, 0.717) is 18.3 Å². The van der Waals surface area contributed by atoms with Crippen LogP contribution >= 0.6 is 0 Å². The van der Waals surface area contributed by atoms with Crippen LogP contribution in [0.1, 0.15) is 37.8 Å². The van der Waals surface area contributed by atoms with Gasteiger partial charge in [-0.15, -0.1) is 0 Å². The van der Waals surface area contributed by atoms with Crippen molar-refractivity contribution in [2.45, 2.75) is 33.1 Å². The normalized spacial score (nSPS) is 18.2. The van der Waals surface area contributed by atoms with Crippen LogP contribution in [-0.2, 0) is 4.79 Å². The highest BCUT2D eigenvalue weighted by atomic mass is 16.5. The van der Waals surface area contributed by atoms with E-state index >= 15 is 0 Å². The number of carbonyl (C=O) groups is 1. The Morgan fingerprint density at radius 3 is 2.95 bits per heavy atom. The van der Waals surface area contributed by atoms with Crippen molar-refractivity contribution in [3.8, 4) is 11.4 Å². The Hall–Kier alpha value is -2.31. The summed E-state index contributed by atoms with van der Waals surface area (Å²) in [5.41, 5.74) is 1.66. The first kappa shape index (κ1) is 14.6. The minimum Gasteiger partial charge on any atom is -0.342 e. The molecule has 116 valence electrons. The molecular weight excluding hydrogens is 282 g/mol. The first-order chi connectivity index (χ1) is 10.6. The minimum atomic E-state index is 0.0171. The van der Waals surface area contributed by atoms with E-state index in [9.17, 15) is 4.79 Å². The van der Waals surface area contributed by atoms with E-state index in [4.69, 9.17) is 4.52 Å². The van der Waals surface area contributed by atoms with E-state index in [1.54, 1.807) is 13.1 Å². The standard InChI is InChI=1S/C15H19N5O2/c1-9(2)15(21)20-5-4-11(7-20)13-12(6-16-8-17-13)14-18-10(3)22-19-14/h6,8-9,11H,4-5,7H2,1-3H3/t11-/m1/s1. The van der Waals surface area contributed by atoms with Crippen molar-refractivity contribution >= 4 is 5.91 Å². The molecule has 0 aliphatic carbocycles. The molecule has 7 heteroatoms. The SMILES string of the molecule is Cc1nc(-c2cncnc2[C@@H]2CCN(C(=O)C(C)C)C2)no1. The third kappa shape index (κ3) is 2.70. The lowest BCUT2D eigenvalue weighted by molar-refractivity contribution is -0.133. The van der Waals surface area contributed by atoms with Gasteiger partial charge in [-0.05, 0) is 6.42 Å². The van der Waals surface area contributed by atoms with Crippen LogP contribution in [0.15, 0.2) is 17.0 Å². The van der Waals surface area contributed by atoms with Gasteiger partial charge in [0.05, 0.1) is 11.3 Å². The molecule has 0 radical (unpaired) electrons. The lowest BCUT2D eigenvalue weighted by atomic mass is 10.00. The molecule has 0 saturated carbocycles. The summed E-state index contributed by atoms with van der Waals surface area (Å²) in [6.45, 7) is 7.04. The van der Waals surface area contributed by atoms with Crippen molar-refractivity contribution in [2.75, 3.05) is 13.1 Å². The highest BCUT2D eigenvalue weighted by Crippen LogP contribution is 2.32. The van der Waals surface area contributed by atoms with Crippen molar-refractivity contribution in [3.05, 3.63) is 24.1 Å². The maximum Gasteiger partial charge on any atom is 0.225 e. The third-order valence-corrected chi connectivity index (χ3v) is 3.89. The van der Waals surface area contributed by atoms with Gasteiger partial charge in [-0.3, -0.25) is 4.79 Å². The summed E-state index contributed by atoms with van der Waals surface area (Å²) in [5, 5.41) is 3.95. The number of aromatic nitrogens is 4. The fourth-order valence-electron chi connectivity index (χ4n) is 2.79. The zero-order valence-electron chi connectivity index (χ0n) is 13.0. The molecule has 0 N–H and O–H groups in total. The summed E-state index contributed by atoms with van der Waals surface area (Å²) in [6, 6.07) is 0. The number of nitrogens with zero attached hydrogens (tertiary/aromatic N) is 5. The summed E-state index contributed by atoms with van der Waals surface area (Å²) in [5.74, 6) is 1.39. The highest BCUT2D eigenvalue weighted by Gasteiger charge is 2.31. The molecule has 3 heterocycles. The molecule has 0 unspecified atom stereocenters. The van der Waals surface area contributed by atoms with Gasteiger partial charge >= 0.3 is 0 Å². The molecule has 3 rings (SSSR count). The summed E-state index contributed by atoms with van der Waals surface area (Å²) in [6.07, 6.45) is 4.12. The predicted molar refractivity (Wildman–Crippen MR) is 78.8 cm³/mol. The second-order valence-corrected chi connectivity index (χ2v) is 5.88. The Morgan fingerprint density at radius 2 is 2.27 bits per heavy atom. The van der Waals surface area contributed by atoms with E-state index < -0.39 is 0 Å². The molecule has 2 aromatic rings. The van der Waals surface area contributed by atoms with Crippen LogP contribution in [0.2, 0.25) is 0 Å². The maximum absolute atomic E-state index is 12.1. The Bertz CT molecular complexity index is 682. The van der Waals surface area contributed by atoms with E-state index in [2.05, 4.69) is 20.1 Å². The van der Waals surface area contributed by atoms with E-state index in [0.717, 1.165) is 24.2 Å². The van der Waals surface area contributed by atoms with Crippen LogP contribution in [0.4, 0.5) is 0 Å². The fraction of sp³-hybridized carbons (Fsp3) is 0.533. The molecule has 0 aromatic carbocycles. The van der Waals surface area contributed by atoms with Gasteiger partial charge in [0.2, 0.25) is 17.6 Å². The van der Waals surface area contributed by atoms with Crippen molar-refractivity contribution in [2.24, 2.45) is 5.92 Å². The smallest absolute Gasteiger partial charge is 0.225 e. The molecule has 2 aromatic heterocycles. The van der Waals surface area contributed by atoms with Crippen LogP contribution < -0.4 is 0 Å². The Kier molecular flexibility index (Phi) is 3.87.